The summed E-state index contributed by atoms with van der Waals surface area (Å²) in [4.78, 5) is 46.9. The van der Waals surface area contributed by atoms with Crippen LogP contribution in [0.25, 0.3) is 0 Å². The number of aliphatic carboxylic acids is 1. The van der Waals surface area contributed by atoms with Gasteiger partial charge in [0.05, 0.1) is 5.75 Å². The number of hydrazine groups is 1. The molecule has 3 amide bonds. The zero-order valence-electron chi connectivity index (χ0n) is 16.1. The van der Waals surface area contributed by atoms with Gasteiger partial charge in [-0.05, 0) is 38.6 Å². The van der Waals surface area contributed by atoms with Crippen LogP contribution in [-0.2, 0) is 14.4 Å². The van der Waals surface area contributed by atoms with Crippen LogP contribution < -0.4 is 11.2 Å². The van der Waals surface area contributed by atoms with E-state index in [0.29, 0.717) is 12.8 Å². The zero-order valence-corrected chi connectivity index (χ0v) is 16.9. The number of hydrogen-bond donors (Lipinski definition) is 3. The SMILES string of the molecule is CN(CCCC(=O)O)C(=O)N(N)SCC(=O)NC(C)(C)CC(C)(C)C=O. The van der Waals surface area contributed by atoms with Gasteiger partial charge in [-0.2, -0.15) is 0 Å². The molecule has 0 rings (SSSR count). The Bertz CT molecular complexity index is 525. The molecule has 26 heavy (non-hydrogen) atoms. The van der Waals surface area contributed by atoms with E-state index in [1.807, 2.05) is 13.8 Å². The standard InChI is InChI=1S/C16H30N4O5S/c1-15(2,11-21)10-16(3,4)18-12(22)9-26-20(17)14(25)19(5)8-6-7-13(23)24/h11H,6-10,17H2,1-5H3,(H,18,22)(H,23,24). The van der Waals surface area contributed by atoms with Crippen molar-refractivity contribution in [2.24, 2.45) is 11.3 Å². The third-order valence-electron chi connectivity index (χ3n) is 3.43. The van der Waals surface area contributed by atoms with E-state index in [2.05, 4.69) is 5.32 Å². The molecule has 0 aromatic heterocycles. The average Bonchev–Trinajstić information content (AvgIpc) is 2.49. The number of hydrogen-bond acceptors (Lipinski definition) is 6. The lowest BCUT2D eigenvalue weighted by Gasteiger charge is -2.32. The Morgan fingerprint density at radius 3 is 2.31 bits per heavy atom. The first-order chi connectivity index (χ1) is 11.8. The summed E-state index contributed by atoms with van der Waals surface area (Å²) in [6, 6.07) is -0.519. The summed E-state index contributed by atoms with van der Waals surface area (Å²) in [6.07, 6.45) is 1.61. The molecule has 4 N–H and O–H groups in total. The zero-order chi connectivity index (χ0) is 20.5. The molecule has 0 spiro atoms. The lowest BCUT2D eigenvalue weighted by Crippen LogP contribution is -2.48. The van der Waals surface area contributed by atoms with Gasteiger partial charge < -0.3 is 20.1 Å². The van der Waals surface area contributed by atoms with E-state index in [1.165, 1.54) is 11.9 Å². The Kier molecular flexibility index (Phi) is 9.64. The number of carboxylic acids is 1. The number of rotatable bonds is 11. The van der Waals surface area contributed by atoms with Gasteiger partial charge in [-0.3, -0.25) is 9.59 Å². The highest BCUT2D eigenvalue weighted by Crippen LogP contribution is 2.25. The van der Waals surface area contributed by atoms with Crippen molar-refractivity contribution in [1.82, 2.24) is 14.6 Å². The maximum atomic E-state index is 12.1. The lowest BCUT2D eigenvalue weighted by atomic mass is 9.81. The van der Waals surface area contributed by atoms with Crippen molar-refractivity contribution >= 4 is 36.1 Å². The Hall–Kier alpha value is -1.81. The second kappa shape index (κ2) is 10.4. The number of aldehydes is 1. The molecular formula is C16H30N4O5S. The topological polar surface area (TPSA) is 133 Å². The van der Waals surface area contributed by atoms with Crippen LogP contribution in [0.1, 0.15) is 47.0 Å². The predicted molar refractivity (Wildman–Crippen MR) is 100 cm³/mol. The molecule has 0 saturated carbocycles. The fourth-order valence-corrected chi connectivity index (χ4v) is 3.13. The summed E-state index contributed by atoms with van der Waals surface area (Å²) in [5, 5.41) is 11.4. The number of urea groups is 1. The summed E-state index contributed by atoms with van der Waals surface area (Å²) >= 11 is 0.847. The third kappa shape index (κ3) is 10.2. The normalized spacial score (nSPS) is 11.6. The molecule has 9 nitrogen and oxygen atoms in total. The first-order valence-electron chi connectivity index (χ1n) is 8.21. The van der Waals surface area contributed by atoms with Crippen molar-refractivity contribution in [3.63, 3.8) is 0 Å². The van der Waals surface area contributed by atoms with Crippen LogP contribution in [0, 0.1) is 5.41 Å². The van der Waals surface area contributed by atoms with Gasteiger partial charge in [0.15, 0.2) is 0 Å². The van der Waals surface area contributed by atoms with Gasteiger partial charge in [0.2, 0.25) is 5.91 Å². The Balaban J connectivity index is 4.37. The third-order valence-corrected chi connectivity index (χ3v) is 4.25. The van der Waals surface area contributed by atoms with E-state index in [9.17, 15) is 19.2 Å². The summed E-state index contributed by atoms with van der Waals surface area (Å²) in [5.74, 6) is 4.35. The number of nitrogens with zero attached hydrogens (tertiary/aromatic N) is 2. The van der Waals surface area contributed by atoms with Crippen molar-refractivity contribution in [3.05, 3.63) is 0 Å². The summed E-state index contributed by atoms with van der Waals surface area (Å²) in [6.45, 7) is 7.48. The summed E-state index contributed by atoms with van der Waals surface area (Å²) in [5.41, 5.74) is -1.14. The summed E-state index contributed by atoms with van der Waals surface area (Å²) in [7, 11) is 1.51. The van der Waals surface area contributed by atoms with Gasteiger partial charge in [-0.25, -0.2) is 15.1 Å². The van der Waals surface area contributed by atoms with E-state index in [-0.39, 0.29) is 24.6 Å². The molecule has 0 heterocycles. The molecule has 0 atom stereocenters. The number of nitrogens with two attached hydrogens (primary N) is 1. The lowest BCUT2D eigenvalue weighted by molar-refractivity contribution is -0.137. The van der Waals surface area contributed by atoms with Crippen molar-refractivity contribution in [3.8, 4) is 0 Å². The number of nitrogens with one attached hydrogen (secondary N) is 1. The molecule has 0 aliphatic rings. The Labute approximate surface area is 158 Å². The minimum atomic E-state index is -0.929. The number of carboxylic acid groups (broad SMARTS) is 1. The predicted octanol–water partition coefficient (Wildman–Crippen LogP) is 1.24. The molecular weight excluding hydrogens is 360 g/mol. The van der Waals surface area contributed by atoms with Crippen LogP contribution in [0.5, 0.6) is 0 Å². The average molecular weight is 391 g/mol. The highest BCUT2D eigenvalue weighted by atomic mass is 32.2. The fourth-order valence-electron chi connectivity index (χ4n) is 2.55. The Morgan fingerprint density at radius 2 is 1.81 bits per heavy atom. The second-order valence-corrected chi connectivity index (χ2v) is 8.46. The fraction of sp³-hybridized carbons (Fsp3) is 0.750. The summed E-state index contributed by atoms with van der Waals surface area (Å²) < 4.78 is 0.850. The highest BCUT2D eigenvalue weighted by molar-refractivity contribution is 7.98. The van der Waals surface area contributed by atoms with Gasteiger partial charge in [0, 0.05) is 31.0 Å². The van der Waals surface area contributed by atoms with Crippen LogP contribution in [0.15, 0.2) is 0 Å². The molecule has 0 aromatic rings. The molecule has 0 fully saturated rings. The first-order valence-corrected chi connectivity index (χ1v) is 9.16. The van der Waals surface area contributed by atoms with Crippen LogP contribution in [0.3, 0.4) is 0 Å². The minimum Gasteiger partial charge on any atom is -0.481 e. The quantitative estimate of drug-likeness (QED) is 0.159. The van der Waals surface area contributed by atoms with Crippen LogP contribution >= 0.6 is 11.9 Å². The number of amides is 3. The van der Waals surface area contributed by atoms with Crippen molar-refractivity contribution in [2.45, 2.75) is 52.5 Å². The van der Waals surface area contributed by atoms with Gasteiger partial charge in [-0.15, -0.1) is 0 Å². The Morgan fingerprint density at radius 1 is 1.23 bits per heavy atom. The van der Waals surface area contributed by atoms with Crippen LogP contribution in [-0.4, -0.2) is 63.5 Å². The molecule has 0 unspecified atom stereocenters. The first kappa shape index (κ1) is 24.2. The minimum absolute atomic E-state index is 0.0377. The van der Waals surface area contributed by atoms with Gasteiger partial charge >= 0.3 is 12.0 Å². The van der Waals surface area contributed by atoms with Gasteiger partial charge in [0.25, 0.3) is 0 Å². The van der Waals surface area contributed by atoms with E-state index in [1.54, 1.807) is 13.8 Å². The van der Waals surface area contributed by atoms with Crippen molar-refractivity contribution < 1.29 is 24.3 Å². The molecule has 10 heteroatoms. The maximum absolute atomic E-state index is 12.1. The van der Waals surface area contributed by atoms with Gasteiger partial charge in [-0.1, -0.05) is 13.8 Å². The van der Waals surface area contributed by atoms with Gasteiger partial charge in [0.1, 0.15) is 6.29 Å². The molecule has 0 aromatic carbocycles. The maximum Gasteiger partial charge on any atom is 0.344 e. The largest absolute Gasteiger partial charge is 0.481 e. The smallest absolute Gasteiger partial charge is 0.344 e. The molecule has 0 saturated heterocycles. The second-order valence-electron chi connectivity index (χ2n) is 7.52. The monoisotopic (exact) mass is 390 g/mol. The molecule has 150 valence electrons. The van der Waals surface area contributed by atoms with E-state index < -0.39 is 23.0 Å². The molecule has 0 radical (unpaired) electrons. The number of carbonyl (C=O) groups is 4. The molecule has 0 aliphatic carbocycles. The molecule has 0 bridgehead atoms. The van der Waals surface area contributed by atoms with Crippen LogP contribution in [0.4, 0.5) is 4.79 Å². The van der Waals surface area contributed by atoms with E-state index >= 15 is 0 Å². The van der Waals surface area contributed by atoms with E-state index in [4.69, 9.17) is 10.9 Å². The number of carbonyl (C=O) groups excluding carboxylic acids is 3. The molecule has 0 aliphatic heterocycles. The van der Waals surface area contributed by atoms with Crippen LogP contribution in [0.2, 0.25) is 0 Å². The van der Waals surface area contributed by atoms with E-state index in [0.717, 1.165) is 22.6 Å². The van der Waals surface area contributed by atoms with Crippen molar-refractivity contribution in [2.75, 3.05) is 19.3 Å². The van der Waals surface area contributed by atoms with Crippen molar-refractivity contribution in [1.29, 1.82) is 0 Å². The highest BCUT2D eigenvalue weighted by Gasteiger charge is 2.30.